The highest BCUT2D eigenvalue weighted by Crippen LogP contribution is 2.26. The van der Waals surface area contributed by atoms with Gasteiger partial charge in [-0.2, -0.15) is 5.10 Å². The van der Waals surface area contributed by atoms with E-state index in [2.05, 4.69) is 43.0 Å². The minimum absolute atomic E-state index is 0.156. The Morgan fingerprint density at radius 3 is 2.67 bits per heavy atom. The molecule has 0 saturated carbocycles. The summed E-state index contributed by atoms with van der Waals surface area (Å²) in [5, 5.41) is 9.05. The number of nitrogens with zero attached hydrogens (tertiary/aromatic N) is 3. The normalized spacial score (nSPS) is 22.7. The van der Waals surface area contributed by atoms with E-state index in [1.165, 1.54) is 12.8 Å². The molecule has 0 radical (unpaired) electrons. The summed E-state index contributed by atoms with van der Waals surface area (Å²) in [4.78, 5) is 2.57. The lowest BCUT2D eigenvalue weighted by Gasteiger charge is -2.44. The van der Waals surface area contributed by atoms with Gasteiger partial charge in [-0.05, 0) is 26.7 Å². The lowest BCUT2D eigenvalue weighted by atomic mass is 9.96. The molecular weight excluding hydrogens is 284 g/mol. The summed E-state index contributed by atoms with van der Waals surface area (Å²) in [6.07, 6.45) is 3.32. The van der Waals surface area contributed by atoms with Crippen LogP contribution in [0.15, 0.2) is 0 Å². The Morgan fingerprint density at radius 2 is 2.10 bits per heavy atom. The van der Waals surface area contributed by atoms with Crippen LogP contribution in [0.5, 0.6) is 0 Å². The molecule has 1 fully saturated rings. The van der Waals surface area contributed by atoms with Gasteiger partial charge in [0.15, 0.2) is 0 Å². The maximum Gasteiger partial charge on any atom is 0.0863 e. The Labute approximate surface area is 133 Å². The smallest absolute Gasteiger partial charge is 0.0863 e. The molecule has 1 aromatic heterocycles. The van der Waals surface area contributed by atoms with Gasteiger partial charge in [0.25, 0.3) is 0 Å². The summed E-state index contributed by atoms with van der Waals surface area (Å²) < 4.78 is 1.96. The first-order chi connectivity index (χ1) is 9.88. The maximum atomic E-state index is 6.52. The lowest BCUT2D eigenvalue weighted by molar-refractivity contribution is 0.0804. The number of aromatic nitrogens is 2. The van der Waals surface area contributed by atoms with Gasteiger partial charge in [0.05, 0.1) is 16.4 Å². The molecule has 2 heterocycles. The van der Waals surface area contributed by atoms with Gasteiger partial charge in [0.2, 0.25) is 0 Å². The zero-order valence-corrected chi connectivity index (χ0v) is 14.8. The first-order valence-corrected chi connectivity index (χ1v) is 8.45. The molecule has 1 aliphatic rings. The maximum absolute atomic E-state index is 6.52. The molecule has 1 atom stereocenters. The van der Waals surface area contributed by atoms with E-state index in [1.54, 1.807) is 0 Å². The van der Waals surface area contributed by atoms with Gasteiger partial charge in [-0.3, -0.25) is 9.58 Å². The van der Waals surface area contributed by atoms with Crippen LogP contribution in [-0.4, -0.2) is 39.4 Å². The van der Waals surface area contributed by atoms with Gasteiger partial charge < -0.3 is 5.32 Å². The average Bonchev–Trinajstić information content (AvgIpc) is 2.69. The summed E-state index contributed by atoms with van der Waals surface area (Å²) in [6.45, 7) is 11.9. The van der Waals surface area contributed by atoms with Crippen molar-refractivity contribution in [2.24, 2.45) is 7.05 Å². The fourth-order valence-electron chi connectivity index (χ4n) is 3.20. The number of nitrogens with one attached hydrogen (secondary N) is 1. The SMILES string of the molecule is CCCC1CNC(C)(C)CN1Cc1c(Cl)c(CC)nn1C. The molecule has 21 heavy (non-hydrogen) atoms. The van der Waals surface area contributed by atoms with Crippen molar-refractivity contribution in [1.29, 1.82) is 0 Å². The third kappa shape index (κ3) is 3.79. The number of rotatable bonds is 5. The van der Waals surface area contributed by atoms with Crippen molar-refractivity contribution in [3.8, 4) is 0 Å². The van der Waals surface area contributed by atoms with Crippen molar-refractivity contribution < 1.29 is 0 Å². The van der Waals surface area contributed by atoms with Crippen LogP contribution in [-0.2, 0) is 20.0 Å². The summed E-state index contributed by atoms with van der Waals surface area (Å²) in [5.41, 5.74) is 2.31. The van der Waals surface area contributed by atoms with Crippen molar-refractivity contribution in [3.05, 3.63) is 16.4 Å². The molecular formula is C16H29ClN4. The Kier molecular flexibility index (Phi) is 5.33. The summed E-state index contributed by atoms with van der Waals surface area (Å²) in [6, 6.07) is 0.582. The minimum atomic E-state index is 0.156. The van der Waals surface area contributed by atoms with Crippen molar-refractivity contribution in [3.63, 3.8) is 0 Å². The average molecular weight is 313 g/mol. The number of halogens is 1. The van der Waals surface area contributed by atoms with E-state index in [9.17, 15) is 0 Å². The van der Waals surface area contributed by atoms with Crippen molar-refractivity contribution in [2.75, 3.05) is 13.1 Å². The molecule has 1 N–H and O–H groups in total. The van der Waals surface area contributed by atoms with Gasteiger partial charge in [0.1, 0.15) is 0 Å². The van der Waals surface area contributed by atoms with Crippen LogP contribution in [0.25, 0.3) is 0 Å². The van der Waals surface area contributed by atoms with Gasteiger partial charge in [-0.1, -0.05) is 31.9 Å². The molecule has 4 nitrogen and oxygen atoms in total. The fraction of sp³-hybridized carbons (Fsp3) is 0.812. The summed E-state index contributed by atoms with van der Waals surface area (Å²) in [7, 11) is 2.00. The highest BCUT2D eigenvalue weighted by Gasteiger charge is 2.33. The van der Waals surface area contributed by atoms with Crippen LogP contribution in [0.2, 0.25) is 5.02 Å². The predicted octanol–water partition coefficient (Wildman–Crippen LogP) is 2.99. The Hall–Kier alpha value is -0.580. The van der Waals surface area contributed by atoms with Crippen LogP contribution in [0.3, 0.4) is 0 Å². The van der Waals surface area contributed by atoms with Crippen LogP contribution in [0.1, 0.15) is 51.9 Å². The lowest BCUT2D eigenvalue weighted by Crippen LogP contribution is -2.61. The van der Waals surface area contributed by atoms with E-state index in [4.69, 9.17) is 11.6 Å². The summed E-state index contributed by atoms with van der Waals surface area (Å²) >= 11 is 6.52. The predicted molar refractivity (Wildman–Crippen MR) is 88.8 cm³/mol. The van der Waals surface area contributed by atoms with E-state index in [1.807, 2.05) is 11.7 Å². The van der Waals surface area contributed by atoms with Gasteiger partial charge in [-0.25, -0.2) is 0 Å². The first kappa shape index (κ1) is 16.8. The first-order valence-electron chi connectivity index (χ1n) is 8.07. The number of piperazine rings is 1. The Balaban J connectivity index is 2.20. The molecule has 2 rings (SSSR count). The minimum Gasteiger partial charge on any atom is -0.309 e. The van der Waals surface area contributed by atoms with Crippen LogP contribution in [0.4, 0.5) is 0 Å². The molecule has 0 amide bonds. The molecule has 1 saturated heterocycles. The number of hydrogen-bond donors (Lipinski definition) is 1. The second-order valence-electron chi connectivity index (χ2n) is 6.80. The molecule has 1 unspecified atom stereocenters. The standard InChI is InChI=1S/C16H29ClN4/c1-6-8-12-9-18-16(3,4)11-21(12)10-14-15(17)13(7-2)19-20(14)5/h12,18H,6-11H2,1-5H3. The molecule has 0 bridgehead atoms. The molecule has 1 aliphatic heterocycles. The second-order valence-corrected chi connectivity index (χ2v) is 7.17. The van der Waals surface area contributed by atoms with Crippen LogP contribution in [0, 0.1) is 0 Å². The summed E-state index contributed by atoms with van der Waals surface area (Å²) in [5.74, 6) is 0. The van der Waals surface area contributed by atoms with Crippen molar-refractivity contribution in [2.45, 2.75) is 65.1 Å². The topological polar surface area (TPSA) is 33.1 Å². The van der Waals surface area contributed by atoms with E-state index in [0.29, 0.717) is 6.04 Å². The number of hydrogen-bond acceptors (Lipinski definition) is 3. The zero-order valence-electron chi connectivity index (χ0n) is 14.0. The number of aryl methyl sites for hydroxylation is 2. The van der Waals surface area contributed by atoms with Crippen molar-refractivity contribution in [1.82, 2.24) is 20.0 Å². The van der Waals surface area contributed by atoms with E-state index >= 15 is 0 Å². The molecule has 0 spiro atoms. The highest BCUT2D eigenvalue weighted by atomic mass is 35.5. The van der Waals surface area contributed by atoms with Gasteiger partial charge >= 0.3 is 0 Å². The highest BCUT2D eigenvalue weighted by molar-refractivity contribution is 6.31. The molecule has 0 aromatic carbocycles. The van der Waals surface area contributed by atoms with Crippen molar-refractivity contribution >= 4 is 11.6 Å². The molecule has 5 heteroatoms. The molecule has 0 aliphatic carbocycles. The van der Waals surface area contributed by atoms with Gasteiger partial charge in [-0.15, -0.1) is 0 Å². The zero-order chi connectivity index (χ0) is 15.6. The third-order valence-electron chi connectivity index (χ3n) is 4.41. The van der Waals surface area contributed by atoms with E-state index in [0.717, 1.165) is 42.5 Å². The van der Waals surface area contributed by atoms with Crippen LogP contribution >= 0.6 is 11.6 Å². The quantitative estimate of drug-likeness (QED) is 0.907. The monoisotopic (exact) mass is 312 g/mol. The van der Waals surface area contributed by atoms with Crippen LogP contribution < -0.4 is 5.32 Å². The third-order valence-corrected chi connectivity index (χ3v) is 4.85. The molecule has 120 valence electrons. The Morgan fingerprint density at radius 1 is 1.38 bits per heavy atom. The van der Waals surface area contributed by atoms with E-state index in [-0.39, 0.29) is 5.54 Å². The largest absolute Gasteiger partial charge is 0.309 e. The second kappa shape index (κ2) is 6.67. The molecule has 1 aromatic rings. The van der Waals surface area contributed by atoms with Gasteiger partial charge in [0, 0.05) is 38.3 Å². The van der Waals surface area contributed by atoms with E-state index < -0.39 is 0 Å². The Bertz CT molecular complexity index is 481. The fourth-order valence-corrected chi connectivity index (χ4v) is 3.56.